The van der Waals surface area contributed by atoms with Gasteiger partial charge in [-0.3, -0.25) is 9.59 Å². The van der Waals surface area contributed by atoms with E-state index in [1.54, 1.807) is 18.2 Å². The summed E-state index contributed by atoms with van der Waals surface area (Å²) in [4.78, 5) is 23.5. The summed E-state index contributed by atoms with van der Waals surface area (Å²) < 4.78 is 5.25. The van der Waals surface area contributed by atoms with E-state index in [1.807, 2.05) is 31.2 Å². The van der Waals surface area contributed by atoms with E-state index in [0.29, 0.717) is 22.1 Å². The zero-order chi connectivity index (χ0) is 19.1. The van der Waals surface area contributed by atoms with Crippen LogP contribution in [0.15, 0.2) is 42.5 Å². The Bertz CT molecular complexity index is 778. The first kappa shape index (κ1) is 19.8. The number of hydrogen-bond acceptors (Lipinski definition) is 4. The first-order valence-electron chi connectivity index (χ1n) is 8.13. The molecule has 7 heteroatoms. The molecule has 6 nitrogen and oxygen atoms in total. The van der Waals surface area contributed by atoms with E-state index >= 15 is 0 Å². The summed E-state index contributed by atoms with van der Waals surface area (Å²) in [6.45, 7) is 3.51. The topological polar surface area (TPSA) is 79.5 Å². The van der Waals surface area contributed by atoms with Crippen molar-refractivity contribution in [3.8, 4) is 5.75 Å². The fourth-order valence-corrected chi connectivity index (χ4v) is 2.52. The maximum atomic E-state index is 12.3. The van der Waals surface area contributed by atoms with Gasteiger partial charge in [0.25, 0.3) is 0 Å². The van der Waals surface area contributed by atoms with Gasteiger partial charge in [-0.25, -0.2) is 0 Å². The van der Waals surface area contributed by atoms with Crippen LogP contribution in [-0.4, -0.2) is 25.5 Å². The molecule has 0 aliphatic carbocycles. The van der Waals surface area contributed by atoms with E-state index in [1.165, 1.54) is 14.0 Å². The molecule has 0 radical (unpaired) electrons. The molecule has 3 N–H and O–H groups in total. The number of benzene rings is 2. The third-order valence-corrected chi connectivity index (χ3v) is 3.98. The lowest BCUT2D eigenvalue weighted by Gasteiger charge is -2.16. The van der Waals surface area contributed by atoms with Crippen LogP contribution in [0.2, 0.25) is 5.02 Å². The van der Waals surface area contributed by atoms with Crippen molar-refractivity contribution >= 4 is 34.8 Å². The van der Waals surface area contributed by atoms with Crippen LogP contribution in [0.1, 0.15) is 25.5 Å². The highest BCUT2D eigenvalue weighted by Gasteiger charge is 2.11. The molecule has 0 aliphatic rings. The van der Waals surface area contributed by atoms with E-state index in [4.69, 9.17) is 16.3 Å². The van der Waals surface area contributed by atoms with Gasteiger partial charge in [-0.05, 0) is 42.8 Å². The fraction of sp³-hybridized carbons (Fsp3) is 0.263. The molecule has 2 amide bonds. The number of amides is 2. The molecule has 0 unspecified atom stereocenters. The molecular formula is C19H22ClN3O3. The van der Waals surface area contributed by atoms with Gasteiger partial charge in [0.15, 0.2) is 0 Å². The van der Waals surface area contributed by atoms with Crippen LogP contribution in [0.5, 0.6) is 5.75 Å². The van der Waals surface area contributed by atoms with E-state index in [2.05, 4.69) is 16.0 Å². The predicted molar refractivity (Wildman–Crippen MR) is 104 cm³/mol. The van der Waals surface area contributed by atoms with Crippen molar-refractivity contribution in [3.05, 3.63) is 53.1 Å². The minimum absolute atomic E-state index is 0.00868. The second-order valence-electron chi connectivity index (χ2n) is 5.80. The molecule has 0 bridgehead atoms. The van der Waals surface area contributed by atoms with E-state index < -0.39 is 0 Å². The normalized spacial score (nSPS) is 11.5. The smallest absolute Gasteiger partial charge is 0.238 e. The molecule has 2 rings (SSSR count). The first-order chi connectivity index (χ1) is 12.4. The molecule has 138 valence electrons. The van der Waals surface area contributed by atoms with Crippen LogP contribution < -0.4 is 20.7 Å². The van der Waals surface area contributed by atoms with Gasteiger partial charge in [0.1, 0.15) is 5.75 Å². The molecule has 0 aromatic heterocycles. The number of carbonyl (C=O) groups is 2. The van der Waals surface area contributed by atoms with Gasteiger partial charge in [0, 0.05) is 23.7 Å². The SMILES string of the molecule is COc1ccc(NC(C)=O)cc1NC(=O)CN[C@@H](C)c1ccc(Cl)cc1. The minimum Gasteiger partial charge on any atom is -0.495 e. The highest BCUT2D eigenvalue weighted by atomic mass is 35.5. The zero-order valence-electron chi connectivity index (χ0n) is 14.9. The molecule has 0 saturated heterocycles. The predicted octanol–water partition coefficient (Wildman–Crippen LogP) is 3.60. The van der Waals surface area contributed by atoms with Crippen LogP contribution in [0.4, 0.5) is 11.4 Å². The number of halogens is 1. The van der Waals surface area contributed by atoms with E-state index in [-0.39, 0.29) is 24.4 Å². The van der Waals surface area contributed by atoms with Crippen molar-refractivity contribution in [1.29, 1.82) is 0 Å². The average Bonchev–Trinajstić information content (AvgIpc) is 2.60. The number of hydrogen-bond donors (Lipinski definition) is 3. The summed E-state index contributed by atoms with van der Waals surface area (Å²) in [7, 11) is 1.52. The van der Waals surface area contributed by atoms with Crippen molar-refractivity contribution in [2.75, 3.05) is 24.3 Å². The largest absolute Gasteiger partial charge is 0.495 e. The van der Waals surface area contributed by atoms with Crippen molar-refractivity contribution in [2.45, 2.75) is 19.9 Å². The Labute approximate surface area is 157 Å². The van der Waals surface area contributed by atoms with Crippen LogP contribution in [0.3, 0.4) is 0 Å². The van der Waals surface area contributed by atoms with Crippen LogP contribution >= 0.6 is 11.6 Å². The first-order valence-corrected chi connectivity index (χ1v) is 8.51. The Morgan fingerprint density at radius 2 is 1.81 bits per heavy atom. The highest BCUT2D eigenvalue weighted by molar-refractivity contribution is 6.30. The second-order valence-corrected chi connectivity index (χ2v) is 6.24. The number of carbonyl (C=O) groups excluding carboxylic acids is 2. The van der Waals surface area contributed by atoms with E-state index in [0.717, 1.165) is 5.56 Å². The Morgan fingerprint density at radius 3 is 2.42 bits per heavy atom. The molecule has 0 saturated carbocycles. The number of methoxy groups -OCH3 is 1. The molecule has 2 aromatic carbocycles. The van der Waals surface area contributed by atoms with Crippen molar-refractivity contribution < 1.29 is 14.3 Å². The third kappa shape index (κ3) is 5.75. The lowest BCUT2D eigenvalue weighted by atomic mass is 10.1. The standard InChI is InChI=1S/C19H22ClN3O3/c1-12(14-4-6-15(20)7-5-14)21-11-19(25)23-17-10-16(22-13(2)24)8-9-18(17)26-3/h4-10,12,21H,11H2,1-3H3,(H,22,24)(H,23,25)/t12-/m0/s1. The Hall–Kier alpha value is -2.57. The Kier molecular flexibility index (Phi) is 7.00. The van der Waals surface area contributed by atoms with Crippen molar-refractivity contribution in [3.63, 3.8) is 0 Å². The number of anilines is 2. The molecule has 0 spiro atoms. The molecule has 0 heterocycles. The maximum absolute atomic E-state index is 12.3. The number of rotatable bonds is 7. The summed E-state index contributed by atoms with van der Waals surface area (Å²) in [5.41, 5.74) is 2.10. The van der Waals surface area contributed by atoms with Gasteiger partial charge in [-0.1, -0.05) is 23.7 Å². The maximum Gasteiger partial charge on any atom is 0.238 e. The summed E-state index contributed by atoms with van der Waals surface area (Å²) in [5, 5.41) is 9.29. The monoisotopic (exact) mass is 375 g/mol. The van der Waals surface area contributed by atoms with Gasteiger partial charge in [-0.2, -0.15) is 0 Å². The molecular weight excluding hydrogens is 354 g/mol. The zero-order valence-corrected chi connectivity index (χ0v) is 15.7. The van der Waals surface area contributed by atoms with Crippen molar-refractivity contribution in [1.82, 2.24) is 5.32 Å². The Balaban J connectivity index is 1.98. The molecule has 0 fully saturated rings. The van der Waals surface area contributed by atoms with Gasteiger partial charge in [-0.15, -0.1) is 0 Å². The number of nitrogens with one attached hydrogen (secondary N) is 3. The lowest BCUT2D eigenvalue weighted by molar-refractivity contribution is -0.115. The quantitative estimate of drug-likeness (QED) is 0.690. The van der Waals surface area contributed by atoms with E-state index in [9.17, 15) is 9.59 Å². The summed E-state index contributed by atoms with van der Waals surface area (Å²) >= 11 is 5.88. The summed E-state index contributed by atoms with van der Waals surface area (Å²) in [5.74, 6) is 0.105. The van der Waals surface area contributed by atoms with Crippen LogP contribution in [0, 0.1) is 0 Å². The van der Waals surface area contributed by atoms with Crippen LogP contribution in [0.25, 0.3) is 0 Å². The lowest BCUT2D eigenvalue weighted by Crippen LogP contribution is -2.30. The second kappa shape index (κ2) is 9.22. The van der Waals surface area contributed by atoms with Crippen LogP contribution in [-0.2, 0) is 9.59 Å². The minimum atomic E-state index is -0.218. The van der Waals surface area contributed by atoms with Gasteiger partial charge < -0.3 is 20.7 Å². The molecule has 26 heavy (non-hydrogen) atoms. The fourth-order valence-electron chi connectivity index (χ4n) is 2.40. The average molecular weight is 376 g/mol. The molecule has 2 aromatic rings. The number of ether oxygens (including phenoxy) is 1. The molecule has 1 atom stereocenters. The highest BCUT2D eigenvalue weighted by Crippen LogP contribution is 2.27. The third-order valence-electron chi connectivity index (χ3n) is 3.73. The molecule has 0 aliphatic heterocycles. The Morgan fingerprint density at radius 1 is 1.12 bits per heavy atom. The summed E-state index contributed by atoms with van der Waals surface area (Å²) in [6, 6.07) is 12.5. The van der Waals surface area contributed by atoms with Gasteiger partial charge >= 0.3 is 0 Å². The van der Waals surface area contributed by atoms with Gasteiger partial charge in [0.05, 0.1) is 19.3 Å². The van der Waals surface area contributed by atoms with Crippen molar-refractivity contribution in [2.24, 2.45) is 0 Å². The van der Waals surface area contributed by atoms with Gasteiger partial charge in [0.2, 0.25) is 11.8 Å². The summed E-state index contributed by atoms with van der Waals surface area (Å²) in [6.07, 6.45) is 0.